The summed E-state index contributed by atoms with van der Waals surface area (Å²) in [5, 5.41) is 8.27. The van der Waals surface area contributed by atoms with Gasteiger partial charge in [-0.15, -0.1) is 0 Å². The minimum absolute atomic E-state index is 0.142. The van der Waals surface area contributed by atoms with Crippen molar-refractivity contribution in [1.29, 1.82) is 0 Å². The predicted octanol–water partition coefficient (Wildman–Crippen LogP) is 1.81. The first-order chi connectivity index (χ1) is 7.89. The van der Waals surface area contributed by atoms with Crippen molar-refractivity contribution in [2.75, 3.05) is 6.54 Å². The fourth-order valence-electron chi connectivity index (χ4n) is 1.08. The van der Waals surface area contributed by atoms with E-state index in [4.69, 9.17) is 9.94 Å². The molecule has 0 aromatic heterocycles. The third-order valence-electron chi connectivity index (χ3n) is 1.82. The number of alkyl halides is 3. The van der Waals surface area contributed by atoms with E-state index in [1.807, 2.05) is 0 Å². The second kappa shape index (κ2) is 5.65. The van der Waals surface area contributed by atoms with Crippen molar-refractivity contribution in [3.8, 4) is 0 Å². The molecule has 0 atom stereocenters. The molecule has 0 unspecified atom stereocenters. The maximum atomic E-state index is 12.3. The van der Waals surface area contributed by atoms with Gasteiger partial charge in [0.15, 0.2) is 0 Å². The van der Waals surface area contributed by atoms with Gasteiger partial charge in [0, 0.05) is 0 Å². The molecule has 2 N–H and O–H groups in total. The SMILES string of the molecule is O=C(O)CNOCc1cccc(C(F)(F)F)c1. The molecule has 0 spiro atoms. The highest BCUT2D eigenvalue weighted by molar-refractivity contribution is 5.68. The van der Waals surface area contributed by atoms with Crippen LogP contribution in [0, 0.1) is 0 Å². The standard InChI is InChI=1S/C10H10F3NO3/c11-10(12,13)8-3-1-2-7(4-8)6-17-14-5-9(15)16/h1-4,14H,5-6H2,(H,15,16). The Balaban J connectivity index is 2.52. The molecule has 7 heteroatoms. The minimum atomic E-state index is -4.40. The van der Waals surface area contributed by atoms with Crippen molar-refractivity contribution in [2.24, 2.45) is 0 Å². The number of carboxylic acid groups (broad SMARTS) is 1. The lowest BCUT2D eigenvalue weighted by atomic mass is 10.1. The minimum Gasteiger partial charge on any atom is -0.480 e. The largest absolute Gasteiger partial charge is 0.480 e. The van der Waals surface area contributed by atoms with Gasteiger partial charge in [-0.1, -0.05) is 12.1 Å². The molecule has 1 aromatic rings. The number of hydroxylamine groups is 1. The van der Waals surface area contributed by atoms with Gasteiger partial charge in [-0.05, 0) is 17.7 Å². The van der Waals surface area contributed by atoms with Crippen molar-refractivity contribution < 1.29 is 27.9 Å². The van der Waals surface area contributed by atoms with Crippen LogP contribution in [0.1, 0.15) is 11.1 Å². The van der Waals surface area contributed by atoms with Gasteiger partial charge < -0.3 is 5.11 Å². The fraction of sp³-hybridized carbons (Fsp3) is 0.300. The molecule has 0 saturated carbocycles. The van der Waals surface area contributed by atoms with Crippen LogP contribution in [0.2, 0.25) is 0 Å². The summed E-state index contributed by atoms with van der Waals surface area (Å²) in [6.07, 6.45) is -4.40. The summed E-state index contributed by atoms with van der Waals surface area (Å²) in [6.45, 7) is -0.559. The zero-order valence-electron chi connectivity index (χ0n) is 8.62. The number of carboxylic acids is 1. The van der Waals surface area contributed by atoms with Crippen LogP contribution in [0.25, 0.3) is 0 Å². The van der Waals surface area contributed by atoms with Crippen molar-refractivity contribution in [2.45, 2.75) is 12.8 Å². The zero-order chi connectivity index (χ0) is 12.9. The first-order valence-corrected chi connectivity index (χ1v) is 4.62. The van der Waals surface area contributed by atoms with Crippen LogP contribution >= 0.6 is 0 Å². The highest BCUT2D eigenvalue weighted by atomic mass is 19.4. The van der Waals surface area contributed by atoms with Gasteiger partial charge in [0.25, 0.3) is 0 Å². The van der Waals surface area contributed by atoms with E-state index in [0.717, 1.165) is 12.1 Å². The molecule has 4 nitrogen and oxygen atoms in total. The van der Waals surface area contributed by atoms with E-state index >= 15 is 0 Å². The third kappa shape index (κ3) is 4.83. The summed E-state index contributed by atoms with van der Waals surface area (Å²) >= 11 is 0. The van der Waals surface area contributed by atoms with Crippen molar-refractivity contribution in [1.82, 2.24) is 5.48 Å². The quantitative estimate of drug-likeness (QED) is 0.617. The predicted molar refractivity (Wildman–Crippen MR) is 51.9 cm³/mol. The Morgan fingerprint density at radius 2 is 2.12 bits per heavy atom. The number of halogens is 3. The second-order valence-corrected chi connectivity index (χ2v) is 3.20. The maximum Gasteiger partial charge on any atom is 0.416 e. The fourth-order valence-corrected chi connectivity index (χ4v) is 1.08. The average Bonchev–Trinajstić information content (AvgIpc) is 2.23. The number of aliphatic carboxylic acids is 1. The molecule has 17 heavy (non-hydrogen) atoms. The van der Waals surface area contributed by atoms with Crippen LogP contribution in [0.15, 0.2) is 24.3 Å². The smallest absolute Gasteiger partial charge is 0.416 e. The highest BCUT2D eigenvalue weighted by Crippen LogP contribution is 2.29. The van der Waals surface area contributed by atoms with Gasteiger partial charge in [-0.3, -0.25) is 9.63 Å². The Morgan fingerprint density at radius 3 is 2.71 bits per heavy atom. The number of benzene rings is 1. The molecule has 0 radical (unpaired) electrons. The number of carbonyl (C=O) groups is 1. The maximum absolute atomic E-state index is 12.3. The van der Waals surface area contributed by atoms with E-state index in [-0.39, 0.29) is 6.61 Å². The molecular formula is C10H10F3NO3. The topological polar surface area (TPSA) is 58.6 Å². The van der Waals surface area contributed by atoms with Gasteiger partial charge in [0.2, 0.25) is 0 Å². The number of rotatable bonds is 5. The summed E-state index contributed by atoms with van der Waals surface area (Å²) in [5.41, 5.74) is 1.65. The van der Waals surface area contributed by atoms with Crippen molar-refractivity contribution in [3.63, 3.8) is 0 Å². The summed E-state index contributed by atoms with van der Waals surface area (Å²) in [4.78, 5) is 14.8. The van der Waals surface area contributed by atoms with Gasteiger partial charge in [0.05, 0.1) is 12.2 Å². The number of hydrogen-bond donors (Lipinski definition) is 2. The van der Waals surface area contributed by atoms with Crippen molar-refractivity contribution >= 4 is 5.97 Å². The molecule has 0 fully saturated rings. The molecule has 1 rings (SSSR count). The van der Waals surface area contributed by atoms with Gasteiger partial charge in [-0.2, -0.15) is 18.7 Å². The monoisotopic (exact) mass is 249 g/mol. The van der Waals surface area contributed by atoms with Crippen LogP contribution in [0.4, 0.5) is 13.2 Å². The summed E-state index contributed by atoms with van der Waals surface area (Å²) < 4.78 is 37.0. The summed E-state index contributed by atoms with van der Waals surface area (Å²) in [7, 11) is 0. The Kier molecular flexibility index (Phi) is 4.47. The van der Waals surface area contributed by atoms with Crippen LogP contribution in [0.3, 0.4) is 0 Å². The van der Waals surface area contributed by atoms with E-state index in [1.165, 1.54) is 12.1 Å². The second-order valence-electron chi connectivity index (χ2n) is 3.20. The van der Waals surface area contributed by atoms with Crippen molar-refractivity contribution in [3.05, 3.63) is 35.4 Å². The lowest BCUT2D eigenvalue weighted by Gasteiger charge is -2.08. The van der Waals surface area contributed by atoms with E-state index in [0.29, 0.717) is 5.56 Å². The highest BCUT2D eigenvalue weighted by Gasteiger charge is 2.30. The molecule has 0 saturated heterocycles. The van der Waals surface area contributed by atoms with Crippen LogP contribution in [-0.4, -0.2) is 17.6 Å². The molecule has 0 bridgehead atoms. The van der Waals surface area contributed by atoms with Gasteiger partial charge >= 0.3 is 12.1 Å². The van der Waals surface area contributed by atoms with E-state index < -0.39 is 24.3 Å². The van der Waals surface area contributed by atoms with E-state index in [9.17, 15) is 18.0 Å². The molecule has 0 aliphatic heterocycles. The molecule has 0 aliphatic carbocycles. The third-order valence-corrected chi connectivity index (χ3v) is 1.82. The normalized spacial score (nSPS) is 11.5. The van der Waals surface area contributed by atoms with Gasteiger partial charge in [-0.25, -0.2) is 0 Å². The molecule has 0 aliphatic rings. The lowest BCUT2D eigenvalue weighted by Crippen LogP contribution is -2.22. The molecule has 0 heterocycles. The summed E-state index contributed by atoms with van der Waals surface area (Å²) in [6, 6.07) is 4.62. The van der Waals surface area contributed by atoms with Crippen LogP contribution in [-0.2, 0) is 22.4 Å². The Morgan fingerprint density at radius 1 is 1.41 bits per heavy atom. The Labute approximate surface area is 95.0 Å². The lowest BCUT2D eigenvalue weighted by molar-refractivity contribution is -0.139. The van der Waals surface area contributed by atoms with Gasteiger partial charge in [0.1, 0.15) is 6.54 Å². The number of hydrogen-bond acceptors (Lipinski definition) is 3. The Bertz CT molecular complexity index is 393. The molecule has 0 amide bonds. The van der Waals surface area contributed by atoms with E-state index in [1.54, 1.807) is 0 Å². The summed E-state index contributed by atoms with van der Waals surface area (Å²) in [5.74, 6) is -1.12. The van der Waals surface area contributed by atoms with E-state index in [2.05, 4.69) is 5.48 Å². The Hall–Kier alpha value is -1.60. The number of nitrogens with one attached hydrogen (secondary N) is 1. The first-order valence-electron chi connectivity index (χ1n) is 4.62. The molecule has 1 aromatic carbocycles. The van der Waals surface area contributed by atoms with Crippen LogP contribution in [0.5, 0.6) is 0 Å². The average molecular weight is 249 g/mol. The first kappa shape index (κ1) is 13.5. The molecule has 94 valence electrons. The molecular weight excluding hydrogens is 239 g/mol. The zero-order valence-corrected chi connectivity index (χ0v) is 8.62. The van der Waals surface area contributed by atoms with Crippen LogP contribution < -0.4 is 5.48 Å².